The summed E-state index contributed by atoms with van der Waals surface area (Å²) in [4.78, 5) is 0.330. The Bertz CT molecular complexity index is 481. The second-order valence-electron chi connectivity index (χ2n) is 4.89. The summed E-state index contributed by atoms with van der Waals surface area (Å²) in [6, 6.07) is 6.72. The molecule has 0 heterocycles. The second-order valence-corrected chi connectivity index (χ2v) is 6.94. The predicted molar refractivity (Wildman–Crippen MR) is 78.4 cm³/mol. The maximum absolute atomic E-state index is 12.3. The smallest absolute Gasteiger partial charge is 0.242 e. The van der Waals surface area contributed by atoms with Crippen LogP contribution < -0.4 is 5.73 Å². The minimum atomic E-state index is -3.37. The Balaban J connectivity index is 2.81. The molecule has 1 aromatic rings. The van der Waals surface area contributed by atoms with Crippen LogP contribution in [0.15, 0.2) is 29.2 Å². The van der Waals surface area contributed by atoms with Gasteiger partial charge in [0.25, 0.3) is 0 Å². The normalized spacial score (nSPS) is 13.7. The van der Waals surface area contributed by atoms with Gasteiger partial charge in [0.15, 0.2) is 0 Å². The molecular formula is C14H24N2O2S. The summed E-state index contributed by atoms with van der Waals surface area (Å²) in [7, 11) is -1.74. The fourth-order valence-electron chi connectivity index (χ4n) is 1.83. The first-order chi connectivity index (χ1) is 8.89. The van der Waals surface area contributed by atoms with Gasteiger partial charge in [0.1, 0.15) is 0 Å². The fourth-order valence-corrected chi connectivity index (χ4v) is 3.04. The number of hydrogen-bond donors (Lipinski definition) is 1. The number of nitrogens with two attached hydrogens (primary N) is 1. The maximum Gasteiger partial charge on any atom is 0.242 e. The molecule has 0 bridgehead atoms. The van der Waals surface area contributed by atoms with Crippen molar-refractivity contribution < 1.29 is 8.42 Å². The molecule has 2 N–H and O–H groups in total. The van der Waals surface area contributed by atoms with E-state index in [1.54, 1.807) is 31.3 Å². The largest absolute Gasteiger partial charge is 0.324 e. The van der Waals surface area contributed by atoms with Gasteiger partial charge < -0.3 is 5.73 Å². The highest BCUT2D eigenvalue weighted by Crippen LogP contribution is 2.18. The van der Waals surface area contributed by atoms with E-state index in [2.05, 4.69) is 6.92 Å². The zero-order valence-electron chi connectivity index (χ0n) is 12.0. The molecule has 0 radical (unpaired) electrons. The van der Waals surface area contributed by atoms with Crippen molar-refractivity contribution in [2.75, 3.05) is 13.6 Å². The highest BCUT2D eigenvalue weighted by Gasteiger charge is 2.20. The van der Waals surface area contributed by atoms with Gasteiger partial charge in [0.05, 0.1) is 4.90 Å². The van der Waals surface area contributed by atoms with E-state index in [4.69, 9.17) is 5.73 Å². The van der Waals surface area contributed by atoms with Gasteiger partial charge in [-0.15, -0.1) is 0 Å². The molecule has 4 nitrogen and oxygen atoms in total. The third-order valence-corrected chi connectivity index (χ3v) is 5.06. The predicted octanol–water partition coefficient (Wildman–Crippen LogP) is 2.52. The number of sulfonamides is 1. The quantitative estimate of drug-likeness (QED) is 0.783. The van der Waals surface area contributed by atoms with E-state index in [9.17, 15) is 8.42 Å². The Morgan fingerprint density at radius 2 is 1.79 bits per heavy atom. The fraction of sp³-hybridized carbons (Fsp3) is 0.571. The summed E-state index contributed by atoms with van der Waals surface area (Å²) in [5.74, 6) is 0. The molecule has 0 aliphatic carbocycles. The summed E-state index contributed by atoms with van der Waals surface area (Å²) in [6.07, 6.45) is 3.02. The molecule has 1 unspecified atom stereocenters. The van der Waals surface area contributed by atoms with E-state index in [1.807, 2.05) is 6.92 Å². The third-order valence-electron chi connectivity index (χ3n) is 3.19. The van der Waals surface area contributed by atoms with Gasteiger partial charge in [-0.1, -0.05) is 31.9 Å². The van der Waals surface area contributed by atoms with E-state index in [-0.39, 0.29) is 6.04 Å². The lowest BCUT2D eigenvalue weighted by Crippen LogP contribution is -2.28. The SMILES string of the molecule is CCCCCN(C)S(=O)(=O)c1ccc(C(C)N)cc1. The van der Waals surface area contributed by atoms with Crippen LogP contribution in [0.25, 0.3) is 0 Å². The van der Waals surface area contributed by atoms with Gasteiger partial charge in [-0.05, 0) is 31.0 Å². The molecule has 1 aromatic carbocycles. The molecule has 0 amide bonds. The molecule has 0 saturated heterocycles. The van der Waals surface area contributed by atoms with Gasteiger partial charge in [0.2, 0.25) is 10.0 Å². The Labute approximate surface area is 116 Å². The monoisotopic (exact) mass is 284 g/mol. The van der Waals surface area contributed by atoms with Crippen molar-refractivity contribution >= 4 is 10.0 Å². The highest BCUT2D eigenvalue weighted by atomic mass is 32.2. The van der Waals surface area contributed by atoms with Gasteiger partial charge in [-0.25, -0.2) is 12.7 Å². The van der Waals surface area contributed by atoms with Crippen molar-refractivity contribution in [3.8, 4) is 0 Å². The van der Waals surface area contributed by atoms with Gasteiger partial charge >= 0.3 is 0 Å². The average molecular weight is 284 g/mol. The van der Waals surface area contributed by atoms with Crippen LogP contribution in [0.4, 0.5) is 0 Å². The second kappa shape index (κ2) is 7.03. The molecule has 19 heavy (non-hydrogen) atoms. The summed E-state index contributed by atoms with van der Waals surface area (Å²) in [5.41, 5.74) is 6.69. The Morgan fingerprint density at radius 1 is 1.21 bits per heavy atom. The number of hydrogen-bond acceptors (Lipinski definition) is 3. The highest BCUT2D eigenvalue weighted by molar-refractivity contribution is 7.89. The van der Waals surface area contributed by atoms with Crippen molar-refractivity contribution in [1.82, 2.24) is 4.31 Å². The molecule has 1 atom stereocenters. The van der Waals surface area contributed by atoms with Crippen molar-refractivity contribution in [2.24, 2.45) is 5.73 Å². The van der Waals surface area contributed by atoms with E-state index in [0.717, 1.165) is 24.8 Å². The van der Waals surface area contributed by atoms with Crippen LogP contribution in [0.2, 0.25) is 0 Å². The van der Waals surface area contributed by atoms with Crippen LogP contribution in [-0.4, -0.2) is 26.3 Å². The third kappa shape index (κ3) is 4.30. The molecular weight excluding hydrogens is 260 g/mol. The summed E-state index contributed by atoms with van der Waals surface area (Å²) in [6.45, 7) is 4.53. The summed E-state index contributed by atoms with van der Waals surface area (Å²) >= 11 is 0. The molecule has 108 valence electrons. The van der Waals surface area contributed by atoms with Crippen molar-refractivity contribution in [1.29, 1.82) is 0 Å². The molecule has 5 heteroatoms. The minimum Gasteiger partial charge on any atom is -0.324 e. The van der Waals surface area contributed by atoms with Crippen LogP contribution in [0.3, 0.4) is 0 Å². The topological polar surface area (TPSA) is 63.4 Å². The minimum absolute atomic E-state index is 0.0842. The Hall–Kier alpha value is -0.910. The molecule has 0 fully saturated rings. The van der Waals surface area contributed by atoms with Crippen LogP contribution in [0, 0.1) is 0 Å². The number of unbranched alkanes of at least 4 members (excludes halogenated alkanes) is 2. The first kappa shape index (κ1) is 16.1. The molecule has 0 saturated carbocycles. The van der Waals surface area contributed by atoms with Crippen molar-refractivity contribution in [2.45, 2.75) is 44.0 Å². The lowest BCUT2D eigenvalue weighted by molar-refractivity contribution is 0.454. The molecule has 0 aromatic heterocycles. The molecule has 0 aliphatic rings. The van der Waals surface area contributed by atoms with Gasteiger partial charge in [0, 0.05) is 19.6 Å². The number of benzene rings is 1. The molecule has 0 spiro atoms. The molecule has 0 aliphatic heterocycles. The van der Waals surface area contributed by atoms with E-state index in [1.165, 1.54) is 4.31 Å². The first-order valence-corrected chi connectivity index (χ1v) is 8.15. The zero-order valence-corrected chi connectivity index (χ0v) is 12.8. The van der Waals surface area contributed by atoms with Crippen molar-refractivity contribution in [3.63, 3.8) is 0 Å². The average Bonchev–Trinajstić information content (AvgIpc) is 2.39. The van der Waals surface area contributed by atoms with Crippen LogP contribution >= 0.6 is 0 Å². The summed E-state index contributed by atoms with van der Waals surface area (Å²) in [5, 5.41) is 0. The number of rotatable bonds is 7. The van der Waals surface area contributed by atoms with E-state index in [0.29, 0.717) is 11.4 Å². The lowest BCUT2D eigenvalue weighted by Gasteiger charge is -2.17. The summed E-state index contributed by atoms with van der Waals surface area (Å²) < 4.78 is 26.0. The first-order valence-electron chi connectivity index (χ1n) is 6.71. The van der Waals surface area contributed by atoms with Crippen LogP contribution in [-0.2, 0) is 10.0 Å². The van der Waals surface area contributed by atoms with Gasteiger partial charge in [-0.3, -0.25) is 0 Å². The maximum atomic E-state index is 12.3. The van der Waals surface area contributed by atoms with Gasteiger partial charge in [-0.2, -0.15) is 0 Å². The van der Waals surface area contributed by atoms with Crippen LogP contribution in [0.5, 0.6) is 0 Å². The number of nitrogens with zero attached hydrogens (tertiary/aromatic N) is 1. The van der Waals surface area contributed by atoms with E-state index < -0.39 is 10.0 Å². The van der Waals surface area contributed by atoms with Crippen molar-refractivity contribution in [3.05, 3.63) is 29.8 Å². The van der Waals surface area contributed by atoms with Crippen LogP contribution in [0.1, 0.15) is 44.7 Å². The Morgan fingerprint density at radius 3 is 2.26 bits per heavy atom. The zero-order chi connectivity index (χ0) is 14.5. The lowest BCUT2D eigenvalue weighted by atomic mass is 10.1. The standard InChI is InChI=1S/C14H24N2O2S/c1-4-5-6-11-16(3)19(17,18)14-9-7-13(8-10-14)12(2)15/h7-10,12H,4-6,11,15H2,1-3H3. The molecule has 1 rings (SSSR count). The van der Waals surface area contributed by atoms with E-state index >= 15 is 0 Å². The Kier molecular flexibility index (Phi) is 5.97.